The molecule has 1 saturated heterocycles. The predicted molar refractivity (Wildman–Crippen MR) is 112 cm³/mol. The minimum atomic E-state index is -0.600. The van der Waals surface area contributed by atoms with E-state index in [2.05, 4.69) is 10.2 Å². The molecule has 4 rings (SSSR count). The smallest absolute Gasteiger partial charge is 0.150 e. The maximum absolute atomic E-state index is 13.9. The zero-order chi connectivity index (χ0) is 20.1. The summed E-state index contributed by atoms with van der Waals surface area (Å²) in [6, 6.07) is 13.8. The van der Waals surface area contributed by atoms with Crippen LogP contribution in [0.5, 0.6) is 0 Å². The van der Waals surface area contributed by atoms with Crippen LogP contribution >= 0.6 is 0 Å². The number of rotatable bonds is 7. The Morgan fingerprint density at radius 3 is 2.66 bits per heavy atom. The number of carbonyl (C=O) groups excluding carboxylic acids is 1. The van der Waals surface area contributed by atoms with E-state index in [4.69, 9.17) is 4.74 Å². The molecule has 2 aromatic rings. The lowest BCUT2D eigenvalue weighted by molar-refractivity contribution is -0.109. The number of ether oxygens (including phenoxy) is 1. The molecular formula is C24H27FN2O2. The van der Waals surface area contributed by atoms with Crippen LogP contribution in [0.25, 0.3) is 11.5 Å². The summed E-state index contributed by atoms with van der Waals surface area (Å²) < 4.78 is 20.1. The summed E-state index contributed by atoms with van der Waals surface area (Å²) in [6.07, 6.45) is 5.63. The van der Waals surface area contributed by atoms with E-state index >= 15 is 0 Å². The predicted octanol–water partition coefficient (Wildman–Crippen LogP) is 4.39. The number of hydrogen-bond acceptors (Lipinski definition) is 4. The number of fused-ring (bicyclic) bond motifs is 1. The highest BCUT2D eigenvalue weighted by Crippen LogP contribution is 2.36. The molecule has 2 heterocycles. The van der Waals surface area contributed by atoms with Crippen molar-refractivity contribution in [2.75, 3.05) is 26.2 Å². The SMILES string of the molecule is O=CC1NC(c2ccccc2)=C(OCCCN2CCCCC2)c2ccc(F)cc21. The Labute approximate surface area is 171 Å². The average Bonchev–Trinajstić information content (AvgIpc) is 2.77. The fraction of sp³-hybridized carbons (Fsp3) is 0.375. The van der Waals surface area contributed by atoms with Crippen LogP contribution < -0.4 is 5.32 Å². The Hall–Kier alpha value is -2.66. The van der Waals surface area contributed by atoms with E-state index < -0.39 is 6.04 Å². The molecule has 0 aliphatic carbocycles. The second-order valence-electron chi connectivity index (χ2n) is 7.66. The number of carbonyl (C=O) groups is 1. The standard InChI is InChI=1S/C24H27FN2O2/c25-19-10-11-20-21(16-19)22(17-28)26-23(18-8-3-1-4-9-18)24(20)29-15-7-14-27-12-5-2-6-13-27/h1,3-4,8-11,16-17,22,26H,2,5-7,12-15H2. The number of nitrogens with one attached hydrogen (secondary N) is 1. The van der Waals surface area contributed by atoms with Crippen LogP contribution in [-0.2, 0) is 9.53 Å². The van der Waals surface area contributed by atoms with Gasteiger partial charge in [-0.3, -0.25) is 0 Å². The van der Waals surface area contributed by atoms with Crippen LogP contribution in [0.15, 0.2) is 48.5 Å². The van der Waals surface area contributed by atoms with Gasteiger partial charge in [-0.05, 0) is 56.1 Å². The molecule has 2 aliphatic heterocycles. The summed E-state index contributed by atoms with van der Waals surface area (Å²) in [4.78, 5) is 14.2. The Kier molecular flexibility index (Phi) is 6.25. The first-order chi connectivity index (χ1) is 14.3. The van der Waals surface area contributed by atoms with E-state index in [0.717, 1.165) is 36.1 Å². The first-order valence-corrected chi connectivity index (χ1v) is 10.4. The second kappa shape index (κ2) is 9.23. The van der Waals surface area contributed by atoms with Gasteiger partial charge in [-0.1, -0.05) is 36.8 Å². The molecule has 0 saturated carbocycles. The fourth-order valence-corrected chi connectivity index (χ4v) is 4.15. The van der Waals surface area contributed by atoms with E-state index in [1.165, 1.54) is 44.5 Å². The third kappa shape index (κ3) is 4.51. The summed E-state index contributed by atoms with van der Waals surface area (Å²) in [7, 11) is 0. The first-order valence-electron chi connectivity index (χ1n) is 10.4. The highest BCUT2D eigenvalue weighted by atomic mass is 19.1. The molecule has 29 heavy (non-hydrogen) atoms. The van der Waals surface area contributed by atoms with Gasteiger partial charge in [-0.15, -0.1) is 0 Å². The van der Waals surface area contributed by atoms with Crippen LogP contribution in [0.2, 0.25) is 0 Å². The van der Waals surface area contributed by atoms with Crippen molar-refractivity contribution in [2.24, 2.45) is 0 Å². The fourth-order valence-electron chi connectivity index (χ4n) is 4.15. The number of aldehydes is 1. The Morgan fingerprint density at radius 1 is 1.10 bits per heavy atom. The maximum atomic E-state index is 13.9. The molecule has 2 aromatic carbocycles. The molecule has 0 bridgehead atoms. The zero-order valence-electron chi connectivity index (χ0n) is 16.6. The van der Waals surface area contributed by atoms with Crippen molar-refractivity contribution in [2.45, 2.75) is 31.7 Å². The summed E-state index contributed by atoms with van der Waals surface area (Å²) in [5, 5.41) is 3.25. The highest BCUT2D eigenvalue weighted by molar-refractivity contribution is 5.92. The van der Waals surface area contributed by atoms with Gasteiger partial charge in [0.25, 0.3) is 0 Å². The summed E-state index contributed by atoms with van der Waals surface area (Å²) in [5.41, 5.74) is 3.12. The molecular weight excluding hydrogens is 367 g/mol. The van der Waals surface area contributed by atoms with Gasteiger partial charge in [0.2, 0.25) is 0 Å². The van der Waals surface area contributed by atoms with Gasteiger partial charge in [-0.2, -0.15) is 0 Å². The molecule has 1 N–H and O–H groups in total. The van der Waals surface area contributed by atoms with Crippen molar-refractivity contribution in [3.05, 3.63) is 71.0 Å². The Bertz CT molecular complexity index is 876. The maximum Gasteiger partial charge on any atom is 0.150 e. The van der Waals surface area contributed by atoms with Crippen molar-refractivity contribution >= 4 is 17.7 Å². The van der Waals surface area contributed by atoms with Crippen molar-refractivity contribution in [1.82, 2.24) is 10.2 Å². The van der Waals surface area contributed by atoms with E-state index in [1.807, 2.05) is 30.3 Å². The molecule has 5 heteroatoms. The van der Waals surface area contributed by atoms with Crippen molar-refractivity contribution < 1.29 is 13.9 Å². The quantitative estimate of drug-likeness (QED) is 0.559. The van der Waals surface area contributed by atoms with Gasteiger partial charge in [0.1, 0.15) is 18.1 Å². The van der Waals surface area contributed by atoms with Crippen LogP contribution in [0, 0.1) is 5.82 Å². The van der Waals surface area contributed by atoms with Crippen LogP contribution in [0.1, 0.15) is 48.4 Å². The van der Waals surface area contributed by atoms with Crippen molar-refractivity contribution in [1.29, 1.82) is 0 Å². The van der Waals surface area contributed by atoms with Gasteiger partial charge in [0.05, 0.1) is 12.3 Å². The molecule has 2 aliphatic rings. The van der Waals surface area contributed by atoms with Crippen molar-refractivity contribution in [3.8, 4) is 0 Å². The third-order valence-electron chi connectivity index (χ3n) is 5.63. The number of piperidine rings is 1. The average molecular weight is 394 g/mol. The lowest BCUT2D eigenvalue weighted by Crippen LogP contribution is -2.31. The lowest BCUT2D eigenvalue weighted by atomic mass is 9.92. The highest BCUT2D eigenvalue weighted by Gasteiger charge is 2.28. The number of hydrogen-bond donors (Lipinski definition) is 1. The molecule has 1 atom stereocenters. The van der Waals surface area contributed by atoms with Gasteiger partial charge in [0.15, 0.2) is 5.76 Å². The van der Waals surface area contributed by atoms with Crippen LogP contribution in [-0.4, -0.2) is 37.4 Å². The van der Waals surface area contributed by atoms with Gasteiger partial charge in [-0.25, -0.2) is 4.39 Å². The largest absolute Gasteiger partial charge is 0.491 e. The molecule has 4 nitrogen and oxygen atoms in total. The summed E-state index contributed by atoms with van der Waals surface area (Å²) >= 11 is 0. The molecule has 1 unspecified atom stereocenters. The molecule has 0 spiro atoms. The topological polar surface area (TPSA) is 41.6 Å². The minimum absolute atomic E-state index is 0.356. The van der Waals surface area contributed by atoms with Crippen molar-refractivity contribution in [3.63, 3.8) is 0 Å². The number of nitrogens with zero attached hydrogens (tertiary/aromatic N) is 1. The van der Waals surface area contributed by atoms with Crippen LogP contribution in [0.3, 0.4) is 0 Å². The van der Waals surface area contributed by atoms with Gasteiger partial charge in [0, 0.05) is 17.7 Å². The number of likely N-dealkylation sites (tertiary alicyclic amines) is 1. The minimum Gasteiger partial charge on any atom is -0.491 e. The van der Waals surface area contributed by atoms with Gasteiger partial charge >= 0.3 is 0 Å². The van der Waals surface area contributed by atoms with E-state index in [0.29, 0.717) is 17.9 Å². The second-order valence-corrected chi connectivity index (χ2v) is 7.66. The number of benzene rings is 2. The van der Waals surface area contributed by atoms with E-state index in [-0.39, 0.29) is 5.82 Å². The van der Waals surface area contributed by atoms with Gasteiger partial charge < -0.3 is 19.7 Å². The monoisotopic (exact) mass is 394 g/mol. The van der Waals surface area contributed by atoms with Crippen LogP contribution in [0.4, 0.5) is 4.39 Å². The summed E-state index contributed by atoms with van der Waals surface area (Å²) in [5.74, 6) is 0.327. The lowest BCUT2D eigenvalue weighted by Gasteiger charge is -2.30. The first kappa shape index (κ1) is 19.6. The van der Waals surface area contributed by atoms with E-state index in [1.54, 1.807) is 6.07 Å². The van der Waals surface area contributed by atoms with E-state index in [9.17, 15) is 9.18 Å². The molecule has 1 fully saturated rings. The molecule has 0 amide bonds. The molecule has 0 radical (unpaired) electrons. The Morgan fingerprint density at radius 2 is 1.90 bits per heavy atom. The normalized spacial score (nSPS) is 19.4. The summed E-state index contributed by atoms with van der Waals surface area (Å²) in [6.45, 7) is 3.94. The zero-order valence-corrected chi connectivity index (χ0v) is 16.6. The third-order valence-corrected chi connectivity index (χ3v) is 5.63. The Balaban J connectivity index is 1.59. The molecule has 152 valence electrons. The molecule has 0 aromatic heterocycles. The number of halogens is 1.